The molecule has 0 aromatic heterocycles. The molecule has 0 bridgehead atoms. The van der Waals surface area contributed by atoms with Gasteiger partial charge in [0.2, 0.25) is 0 Å². The van der Waals surface area contributed by atoms with Gasteiger partial charge in [-0.1, -0.05) is 18.2 Å². The SMILES string of the molecule is CC(=O)c1cccc(-c2cc(O)ccc2O)c1. The number of hydrogen-bond acceptors (Lipinski definition) is 3. The summed E-state index contributed by atoms with van der Waals surface area (Å²) in [5.74, 6) is 0.112. The van der Waals surface area contributed by atoms with Gasteiger partial charge in [-0.2, -0.15) is 0 Å². The molecule has 0 unspecified atom stereocenters. The van der Waals surface area contributed by atoms with Crippen molar-refractivity contribution in [1.29, 1.82) is 0 Å². The average molecular weight is 228 g/mol. The van der Waals surface area contributed by atoms with Crippen LogP contribution in [-0.2, 0) is 0 Å². The van der Waals surface area contributed by atoms with E-state index in [1.165, 1.54) is 25.1 Å². The molecule has 0 amide bonds. The standard InChI is InChI=1S/C14H12O3/c1-9(15)10-3-2-4-11(7-10)13-8-12(16)5-6-14(13)17/h2-8,16-17H,1H3. The summed E-state index contributed by atoms with van der Waals surface area (Å²) in [7, 11) is 0. The molecule has 0 heterocycles. The molecule has 86 valence electrons. The van der Waals surface area contributed by atoms with Gasteiger partial charge in [0.05, 0.1) is 0 Å². The Morgan fingerprint density at radius 3 is 2.53 bits per heavy atom. The molecule has 0 aliphatic heterocycles. The van der Waals surface area contributed by atoms with E-state index in [-0.39, 0.29) is 17.3 Å². The lowest BCUT2D eigenvalue weighted by atomic mass is 10.0. The van der Waals surface area contributed by atoms with Gasteiger partial charge < -0.3 is 10.2 Å². The molecular formula is C14H12O3. The van der Waals surface area contributed by atoms with Gasteiger partial charge in [0.1, 0.15) is 11.5 Å². The Morgan fingerprint density at radius 1 is 1.06 bits per heavy atom. The molecule has 2 aromatic rings. The molecule has 0 atom stereocenters. The number of Topliss-reactive ketones (excluding diaryl/α,β-unsaturated/α-hetero) is 1. The lowest BCUT2D eigenvalue weighted by molar-refractivity contribution is 0.101. The van der Waals surface area contributed by atoms with E-state index in [0.717, 1.165) is 0 Å². The zero-order chi connectivity index (χ0) is 12.4. The second-order valence-electron chi connectivity index (χ2n) is 3.84. The van der Waals surface area contributed by atoms with Crippen molar-refractivity contribution in [2.75, 3.05) is 0 Å². The number of ketones is 1. The maximum atomic E-state index is 11.3. The number of phenols is 2. The van der Waals surface area contributed by atoms with Crippen LogP contribution in [0.2, 0.25) is 0 Å². The van der Waals surface area contributed by atoms with E-state index in [1.54, 1.807) is 24.3 Å². The molecule has 2 rings (SSSR count). The second-order valence-corrected chi connectivity index (χ2v) is 3.84. The van der Waals surface area contributed by atoms with Gasteiger partial charge >= 0.3 is 0 Å². The van der Waals surface area contributed by atoms with Gasteiger partial charge in [0, 0.05) is 11.1 Å². The van der Waals surface area contributed by atoms with Crippen LogP contribution in [0.1, 0.15) is 17.3 Å². The Labute approximate surface area is 99.0 Å². The maximum absolute atomic E-state index is 11.3. The summed E-state index contributed by atoms with van der Waals surface area (Å²) in [6.07, 6.45) is 0. The van der Waals surface area contributed by atoms with E-state index in [2.05, 4.69) is 0 Å². The van der Waals surface area contributed by atoms with Gasteiger partial charge in [-0.15, -0.1) is 0 Å². The maximum Gasteiger partial charge on any atom is 0.159 e. The summed E-state index contributed by atoms with van der Waals surface area (Å²) in [5, 5.41) is 19.1. The first-order valence-corrected chi connectivity index (χ1v) is 5.21. The van der Waals surface area contributed by atoms with Crippen LogP contribution in [0.15, 0.2) is 42.5 Å². The first kappa shape index (κ1) is 11.2. The monoisotopic (exact) mass is 228 g/mol. The largest absolute Gasteiger partial charge is 0.508 e. The Bertz CT molecular complexity index is 573. The third-order valence-electron chi connectivity index (χ3n) is 2.56. The molecule has 0 saturated carbocycles. The lowest BCUT2D eigenvalue weighted by Crippen LogP contribution is -1.91. The van der Waals surface area contributed by atoms with Crippen LogP contribution in [0, 0.1) is 0 Å². The van der Waals surface area contributed by atoms with Gasteiger partial charge in [0.15, 0.2) is 5.78 Å². The van der Waals surface area contributed by atoms with E-state index in [1.807, 2.05) is 0 Å². The van der Waals surface area contributed by atoms with Gasteiger partial charge in [-0.3, -0.25) is 4.79 Å². The molecule has 0 fully saturated rings. The fourth-order valence-corrected chi connectivity index (χ4v) is 1.66. The molecule has 0 radical (unpaired) electrons. The molecule has 0 saturated heterocycles. The van der Waals surface area contributed by atoms with E-state index in [0.29, 0.717) is 16.7 Å². The Morgan fingerprint density at radius 2 is 1.82 bits per heavy atom. The van der Waals surface area contributed by atoms with E-state index < -0.39 is 0 Å². The quantitative estimate of drug-likeness (QED) is 0.613. The highest BCUT2D eigenvalue weighted by molar-refractivity contribution is 5.95. The Hall–Kier alpha value is -2.29. The average Bonchev–Trinajstić information content (AvgIpc) is 2.32. The number of carbonyl (C=O) groups is 1. The van der Waals surface area contributed by atoms with Crippen LogP contribution in [-0.4, -0.2) is 16.0 Å². The van der Waals surface area contributed by atoms with Crippen molar-refractivity contribution < 1.29 is 15.0 Å². The van der Waals surface area contributed by atoms with Crippen molar-refractivity contribution in [3.8, 4) is 22.6 Å². The number of aromatic hydroxyl groups is 2. The summed E-state index contributed by atoms with van der Waals surface area (Å²) in [4.78, 5) is 11.3. The molecule has 0 aliphatic carbocycles. The van der Waals surface area contributed by atoms with Crippen LogP contribution in [0.5, 0.6) is 11.5 Å². The number of rotatable bonds is 2. The van der Waals surface area contributed by atoms with Crippen LogP contribution in [0.25, 0.3) is 11.1 Å². The molecule has 0 aliphatic rings. The van der Waals surface area contributed by atoms with Gasteiger partial charge in [0.25, 0.3) is 0 Å². The van der Waals surface area contributed by atoms with Crippen molar-refractivity contribution in [1.82, 2.24) is 0 Å². The van der Waals surface area contributed by atoms with Crippen LogP contribution >= 0.6 is 0 Å². The van der Waals surface area contributed by atoms with Crippen LogP contribution in [0.3, 0.4) is 0 Å². The number of carbonyl (C=O) groups excluding carboxylic acids is 1. The molecule has 3 heteroatoms. The van der Waals surface area contributed by atoms with Crippen molar-refractivity contribution in [2.24, 2.45) is 0 Å². The Balaban J connectivity index is 2.56. The third kappa shape index (κ3) is 2.28. The highest BCUT2D eigenvalue weighted by Gasteiger charge is 2.07. The van der Waals surface area contributed by atoms with Crippen LogP contribution in [0.4, 0.5) is 0 Å². The summed E-state index contributed by atoms with van der Waals surface area (Å²) < 4.78 is 0. The summed E-state index contributed by atoms with van der Waals surface area (Å²) in [6.45, 7) is 1.49. The predicted octanol–water partition coefficient (Wildman–Crippen LogP) is 2.97. The van der Waals surface area contributed by atoms with E-state index >= 15 is 0 Å². The van der Waals surface area contributed by atoms with Crippen LogP contribution < -0.4 is 0 Å². The summed E-state index contributed by atoms with van der Waals surface area (Å²) in [6, 6.07) is 11.2. The smallest absolute Gasteiger partial charge is 0.159 e. The summed E-state index contributed by atoms with van der Waals surface area (Å²) >= 11 is 0. The van der Waals surface area contributed by atoms with Gasteiger partial charge in [-0.05, 0) is 36.8 Å². The fraction of sp³-hybridized carbons (Fsp3) is 0.0714. The van der Waals surface area contributed by atoms with Gasteiger partial charge in [-0.25, -0.2) is 0 Å². The van der Waals surface area contributed by atoms with Crippen molar-refractivity contribution in [3.63, 3.8) is 0 Å². The molecule has 0 spiro atoms. The number of phenolic OH excluding ortho intramolecular Hbond substituents is 2. The van der Waals surface area contributed by atoms with Crippen molar-refractivity contribution in [2.45, 2.75) is 6.92 Å². The molecule has 2 N–H and O–H groups in total. The Kier molecular flexibility index (Phi) is 2.83. The first-order valence-electron chi connectivity index (χ1n) is 5.21. The van der Waals surface area contributed by atoms with Crippen molar-refractivity contribution in [3.05, 3.63) is 48.0 Å². The number of benzene rings is 2. The van der Waals surface area contributed by atoms with E-state index in [9.17, 15) is 15.0 Å². The minimum absolute atomic E-state index is 0.0357. The van der Waals surface area contributed by atoms with E-state index in [4.69, 9.17) is 0 Å². The zero-order valence-electron chi connectivity index (χ0n) is 9.34. The molecule has 2 aromatic carbocycles. The lowest BCUT2D eigenvalue weighted by Gasteiger charge is -2.06. The molecular weight excluding hydrogens is 216 g/mol. The highest BCUT2D eigenvalue weighted by atomic mass is 16.3. The normalized spacial score (nSPS) is 10.2. The molecule has 3 nitrogen and oxygen atoms in total. The second kappa shape index (κ2) is 4.29. The summed E-state index contributed by atoms with van der Waals surface area (Å²) in [5.41, 5.74) is 1.78. The molecule has 17 heavy (non-hydrogen) atoms. The first-order chi connectivity index (χ1) is 8.08. The highest BCUT2D eigenvalue weighted by Crippen LogP contribution is 2.32. The fourth-order valence-electron chi connectivity index (χ4n) is 1.66. The van der Waals surface area contributed by atoms with Crippen molar-refractivity contribution >= 4 is 5.78 Å². The topological polar surface area (TPSA) is 57.5 Å². The minimum atomic E-state index is -0.0357. The third-order valence-corrected chi connectivity index (χ3v) is 2.56. The predicted molar refractivity (Wildman–Crippen MR) is 65.2 cm³/mol. The minimum Gasteiger partial charge on any atom is -0.508 e. The number of hydrogen-bond donors (Lipinski definition) is 2. The zero-order valence-corrected chi connectivity index (χ0v) is 9.34.